The van der Waals surface area contributed by atoms with Crippen LogP contribution in [0.1, 0.15) is 43.7 Å². The fourth-order valence-electron chi connectivity index (χ4n) is 3.31. The highest BCUT2D eigenvalue weighted by Gasteiger charge is 2.32. The normalized spacial score (nSPS) is 26.8. The minimum absolute atomic E-state index is 0.0364. The van der Waals surface area contributed by atoms with Crippen LogP contribution in [-0.4, -0.2) is 76.4 Å². The summed E-state index contributed by atoms with van der Waals surface area (Å²) < 4.78 is 7.89. The summed E-state index contributed by atoms with van der Waals surface area (Å²) in [6.07, 6.45) is 6.74. The Hall–Kier alpha value is -1.51. The lowest BCUT2D eigenvalue weighted by Gasteiger charge is -2.36. The molecule has 2 aliphatic rings. The van der Waals surface area contributed by atoms with Crippen LogP contribution in [-0.2, 0) is 16.1 Å². The molecule has 1 aromatic rings. The highest BCUT2D eigenvalue weighted by atomic mass is 16.5. The molecule has 1 amide bonds. The Labute approximate surface area is 148 Å². The number of aryl methyl sites for hydroxylation is 1. The van der Waals surface area contributed by atoms with Gasteiger partial charge in [-0.3, -0.25) is 9.48 Å². The molecular weight excluding hydrogens is 322 g/mol. The van der Waals surface area contributed by atoms with E-state index in [2.05, 4.69) is 15.6 Å². The van der Waals surface area contributed by atoms with E-state index in [0.717, 1.165) is 31.5 Å². The third-order valence-corrected chi connectivity index (χ3v) is 4.83. The molecule has 3 atom stereocenters. The molecule has 140 valence electrons. The quantitative estimate of drug-likeness (QED) is 0.692. The SMILES string of the molecule is CN(C)CC(=O)N[C@H]1CC[C@@H](CCn2cc(C3CC3)nn2)O[C@@H]1CO. The molecule has 0 spiro atoms. The number of amides is 1. The van der Waals surface area contributed by atoms with Gasteiger partial charge < -0.3 is 20.1 Å². The van der Waals surface area contributed by atoms with Crippen LogP contribution in [0.25, 0.3) is 0 Å². The van der Waals surface area contributed by atoms with Gasteiger partial charge in [0.15, 0.2) is 0 Å². The number of aromatic nitrogens is 3. The topological polar surface area (TPSA) is 92.5 Å². The van der Waals surface area contributed by atoms with Crippen molar-refractivity contribution in [3.63, 3.8) is 0 Å². The Balaban J connectivity index is 1.44. The van der Waals surface area contributed by atoms with Gasteiger partial charge in [-0.1, -0.05) is 5.21 Å². The number of hydrogen-bond acceptors (Lipinski definition) is 6. The van der Waals surface area contributed by atoms with E-state index in [0.29, 0.717) is 12.5 Å². The number of aliphatic hydroxyl groups excluding tert-OH is 1. The van der Waals surface area contributed by atoms with E-state index in [9.17, 15) is 9.90 Å². The Bertz CT molecular complexity index is 572. The first kappa shape index (κ1) is 18.3. The molecule has 2 heterocycles. The summed E-state index contributed by atoms with van der Waals surface area (Å²) in [5, 5.41) is 21.0. The van der Waals surface area contributed by atoms with Crippen LogP contribution in [0.5, 0.6) is 0 Å². The zero-order valence-corrected chi connectivity index (χ0v) is 15.1. The zero-order chi connectivity index (χ0) is 17.8. The van der Waals surface area contributed by atoms with E-state index in [4.69, 9.17) is 4.74 Å². The van der Waals surface area contributed by atoms with E-state index >= 15 is 0 Å². The minimum Gasteiger partial charge on any atom is -0.394 e. The summed E-state index contributed by atoms with van der Waals surface area (Å²) in [6, 6.07) is -0.124. The molecular formula is C17H29N5O3. The standard InChI is InChI=1S/C17H29N5O3/c1-21(2)10-17(24)18-14-6-5-13(25-16(14)11-23)7-8-22-9-15(19-20-22)12-3-4-12/h9,12-14,16,23H,3-8,10-11H2,1-2H3,(H,18,24)/t13-,14-,16+/m0/s1. The maximum atomic E-state index is 11.9. The average molecular weight is 351 g/mol. The number of aliphatic hydroxyl groups is 1. The number of nitrogens with zero attached hydrogens (tertiary/aromatic N) is 4. The van der Waals surface area contributed by atoms with Crippen LogP contribution in [0.4, 0.5) is 0 Å². The lowest BCUT2D eigenvalue weighted by molar-refractivity contribution is -0.129. The molecule has 1 saturated carbocycles. The van der Waals surface area contributed by atoms with Crippen LogP contribution in [0.3, 0.4) is 0 Å². The second-order valence-electron chi connectivity index (χ2n) is 7.44. The van der Waals surface area contributed by atoms with E-state index < -0.39 is 0 Å². The summed E-state index contributed by atoms with van der Waals surface area (Å²) >= 11 is 0. The van der Waals surface area contributed by atoms with Crippen molar-refractivity contribution in [3.8, 4) is 0 Å². The second kappa shape index (κ2) is 8.25. The first-order valence-corrected chi connectivity index (χ1v) is 9.15. The van der Waals surface area contributed by atoms with Crippen molar-refractivity contribution in [2.75, 3.05) is 27.2 Å². The predicted octanol–water partition coefficient (Wildman–Crippen LogP) is 0.132. The summed E-state index contributed by atoms with van der Waals surface area (Å²) in [4.78, 5) is 13.8. The monoisotopic (exact) mass is 351 g/mol. The smallest absolute Gasteiger partial charge is 0.234 e. The van der Waals surface area contributed by atoms with Crippen LogP contribution < -0.4 is 5.32 Å². The summed E-state index contributed by atoms with van der Waals surface area (Å²) in [5.74, 6) is 0.579. The van der Waals surface area contributed by atoms with Crippen molar-refractivity contribution >= 4 is 5.91 Å². The molecule has 8 heteroatoms. The number of carbonyl (C=O) groups excluding carboxylic acids is 1. The molecule has 2 N–H and O–H groups in total. The zero-order valence-electron chi connectivity index (χ0n) is 15.1. The molecule has 25 heavy (non-hydrogen) atoms. The van der Waals surface area contributed by atoms with Gasteiger partial charge in [-0.15, -0.1) is 5.10 Å². The number of likely N-dealkylation sites (N-methyl/N-ethyl adjacent to an activating group) is 1. The number of rotatable bonds is 8. The minimum atomic E-state index is -0.345. The molecule has 0 bridgehead atoms. The van der Waals surface area contributed by atoms with Gasteiger partial charge >= 0.3 is 0 Å². The molecule has 0 aromatic carbocycles. The Morgan fingerprint density at radius 2 is 2.20 bits per heavy atom. The number of carbonyl (C=O) groups is 1. The molecule has 8 nitrogen and oxygen atoms in total. The number of hydrogen-bond donors (Lipinski definition) is 2. The van der Waals surface area contributed by atoms with E-state index in [1.165, 1.54) is 12.8 Å². The average Bonchev–Trinajstić information content (AvgIpc) is 3.32. The van der Waals surface area contributed by atoms with Gasteiger partial charge in [0.25, 0.3) is 0 Å². The first-order chi connectivity index (χ1) is 12.0. The molecule has 0 radical (unpaired) electrons. The molecule has 1 aliphatic carbocycles. The van der Waals surface area contributed by atoms with Gasteiger partial charge in [-0.25, -0.2) is 0 Å². The van der Waals surface area contributed by atoms with Gasteiger partial charge in [0, 0.05) is 18.7 Å². The van der Waals surface area contributed by atoms with Crippen LogP contribution in [0.2, 0.25) is 0 Å². The molecule has 2 fully saturated rings. The largest absolute Gasteiger partial charge is 0.394 e. The fraction of sp³-hybridized carbons (Fsp3) is 0.824. The summed E-state index contributed by atoms with van der Waals surface area (Å²) in [7, 11) is 3.71. The maximum absolute atomic E-state index is 11.9. The van der Waals surface area contributed by atoms with Gasteiger partial charge in [0.1, 0.15) is 6.10 Å². The number of nitrogens with one attached hydrogen (secondary N) is 1. The van der Waals surface area contributed by atoms with Crippen molar-refractivity contribution in [2.45, 2.75) is 62.8 Å². The first-order valence-electron chi connectivity index (χ1n) is 9.15. The van der Waals surface area contributed by atoms with E-state index in [-0.39, 0.29) is 30.8 Å². The summed E-state index contributed by atoms with van der Waals surface area (Å²) in [5.41, 5.74) is 1.10. The van der Waals surface area contributed by atoms with Crippen LogP contribution in [0, 0.1) is 0 Å². The predicted molar refractivity (Wildman–Crippen MR) is 92.1 cm³/mol. The van der Waals surface area contributed by atoms with Gasteiger partial charge in [-0.05, 0) is 46.2 Å². The molecule has 1 aromatic heterocycles. The molecule has 1 saturated heterocycles. The van der Waals surface area contributed by atoms with E-state index in [1.807, 2.05) is 29.9 Å². The number of ether oxygens (including phenoxy) is 1. The van der Waals surface area contributed by atoms with Gasteiger partial charge in [0.05, 0.1) is 31.0 Å². The Morgan fingerprint density at radius 1 is 1.40 bits per heavy atom. The maximum Gasteiger partial charge on any atom is 0.234 e. The third kappa shape index (κ3) is 5.23. The van der Waals surface area contributed by atoms with Crippen molar-refractivity contribution < 1.29 is 14.6 Å². The highest BCUT2D eigenvalue weighted by molar-refractivity contribution is 5.78. The second-order valence-corrected chi connectivity index (χ2v) is 7.44. The fourth-order valence-corrected chi connectivity index (χ4v) is 3.31. The van der Waals surface area contributed by atoms with Crippen molar-refractivity contribution in [1.82, 2.24) is 25.2 Å². The van der Waals surface area contributed by atoms with Crippen molar-refractivity contribution in [3.05, 3.63) is 11.9 Å². The molecule has 0 unspecified atom stereocenters. The van der Waals surface area contributed by atoms with Gasteiger partial charge in [-0.2, -0.15) is 0 Å². The van der Waals surface area contributed by atoms with Crippen LogP contribution >= 0.6 is 0 Å². The van der Waals surface area contributed by atoms with Crippen LogP contribution in [0.15, 0.2) is 6.20 Å². The lowest BCUT2D eigenvalue weighted by atomic mass is 9.97. The molecule has 3 rings (SSSR count). The Kier molecular flexibility index (Phi) is 6.03. The molecule has 1 aliphatic heterocycles. The van der Waals surface area contributed by atoms with Gasteiger partial charge in [0.2, 0.25) is 5.91 Å². The van der Waals surface area contributed by atoms with E-state index in [1.54, 1.807) is 0 Å². The highest BCUT2D eigenvalue weighted by Crippen LogP contribution is 2.38. The summed E-state index contributed by atoms with van der Waals surface area (Å²) in [6.45, 7) is 1.02. The van der Waals surface area contributed by atoms with Crippen molar-refractivity contribution in [2.24, 2.45) is 0 Å². The Morgan fingerprint density at radius 3 is 2.88 bits per heavy atom. The lowest BCUT2D eigenvalue weighted by Crippen LogP contribution is -2.52. The third-order valence-electron chi connectivity index (χ3n) is 4.83. The van der Waals surface area contributed by atoms with Crippen molar-refractivity contribution in [1.29, 1.82) is 0 Å².